The van der Waals surface area contributed by atoms with Crippen LogP contribution in [0.3, 0.4) is 0 Å². The van der Waals surface area contributed by atoms with Gasteiger partial charge in [-0.15, -0.1) is 6.42 Å². The van der Waals surface area contributed by atoms with Crippen molar-refractivity contribution in [2.45, 2.75) is 33.1 Å². The maximum absolute atomic E-state index is 11.1. The Bertz CT molecular complexity index is 206. The van der Waals surface area contributed by atoms with Gasteiger partial charge in [-0.05, 0) is 12.8 Å². The zero-order chi connectivity index (χ0) is 11.0. The molecule has 0 aromatic carbocycles. The summed E-state index contributed by atoms with van der Waals surface area (Å²) in [4.78, 5) is 11.1. The van der Waals surface area contributed by atoms with Gasteiger partial charge in [0.25, 0.3) is 0 Å². The maximum Gasteiger partial charge on any atom is 0.232 e. The molecule has 0 aromatic rings. The largest absolute Gasteiger partial charge is 0.396 e. The summed E-state index contributed by atoms with van der Waals surface area (Å²) in [6.45, 7) is 4.60. The molecule has 0 aliphatic carbocycles. The molecule has 0 rings (SSSR count). The molecule has 3 heteroatoms. The van der Waals surface area contributed by atoms with E-state index in [2.05, 4.69) is 11.2 Å². The summed E-state index contributed by atoms with van der Waals surface area (Å²) in [5.41, 5.74) is -0.190. The van der Waals surface area contributed by atoms with Crippen molar-refractivity contribution >= 4 is 5.91 Å². The number of terminal acetylenes is 1. The lowest BCUT2D eigenvalue weighted by molar-refractivity contribution is -0.120. The quantitative estimate of drug-likeness (QED) is 0.622. The van der Waals surface area contributed by atoms with E-state index in [1.54, 1.807) is 0 Å². The van der Waals surface area contributed by atoms with Crippen molar-refractivity contribution in [3.05, 3.63) is 0 Å². The number of amides is 1. The Hall–Kier alpha value is -1.01. The number of hydrogen-bond acceptors (Lipinski definition) is 2. The first-order valence-electron chi connectivity index (χ1n) is 4.95. The molecule has 0 spiro atoms. The SMILES string of the molecule is C#CCC(=O)NCC(CC)(CC)CO. The highest BCUT2D eigenvalue weighted by molar-refractivity contribution is 5.78. The highest BCUT2D eigenvalue weighted by Gasteiger charge is 2.25. The van der Waals surface area contributed by atoms with E-state index in [-0.39, 0.29) is 24.3 Å². The van der Waals surface area contributed by atoms with Gasteiger partial charge in [0, 0.05) is 12.0 Å². The highest BCUT2D eigenvalue weighted by Crippen LogP contribution is 2.24. The van der Waals surface area contributed by atoms with Crippen molar-refractivity contribution in [1.29, 1.82) is 0 Å². The fourth-order valence-corrected chi connectivity index (χ4v) is 1.22. The number of nitrogens with one attached hydrogen (secondary N) is 1. The summed E-state index contributed by atoms with van der Waals surface area (Å²) in [5.74, 6) is 2.14. The van der Waals surface area contributed by atoms with Gasteiger partial charge in [-0.25, -0.2) is 0 Å². The zero-order valence-corrected chi connectivity index (χ0v) is 8.97. The third kappa shape index (κ3) is 3.80. The maximum atomic E-state index is 11.1. The Morgan fingerprint density at radius 1 is 1.50 bits per heavy atom. The van der Waals surface area contributed by atoms with Gasteiger partial charge in [-0.2, -0.15) is 0 Å². The minimum Gasteiger partial charge on any atom is -0.396 e. The normalized spacial score (nSPS) is 10.7. The Morgan fingerprint density at radius 3 is 2.43 bits per heavy atom. The van der Waals surface area contributed by atoms with Crippen LogP contribution in [-0.4, -0.2) is 24.2 Å². The lowest BCUT2D eigenvalue weighted by Gasteiger charge is -2.29. The number of rotatable bonds is 6. The molecule has 0 radical (unpaired) electrons. The van der Waals surface area contributed by atoms with Gasteiger partial charge in [0.2, 0.25) is 5.91 Å². The smallest absolute Gasteiger partial charge is 0.232 e. The molecule has 0 atom stereocenters. The minimum atomic E-state index is -0.190. The second kappa shape index (κ2) is 6.44. The van der Waals surface area contributed by atoms with Crippen LogP contribution in [0, 0.1) is 17.8 Å². The van der Waals surface area contributed by atoms with Crippen LogP contribution < -0.4 is 5.32 Å². The molecule has 0 aromatic heterocycles. The van der Waals surface area contributed by atoms with Crippen LogP contribution in [0.25, 0.3) is 0 Å². The third-order valence-electron chi connectivity index (χ3n) is 2.76. The summed E-state index contributed by atoms with van der Waals surface area (Å²) in [6, 6.07) is 0. The lowest BCUT2D eigenvalue weighted by atomic mass is 9.83. The topological polar surface area (TPSA) is 49.3 Å². The second-order valence-electron chi connectivity index (χ2n) is 3.52. The molecular formula is C11H19NO2. The lowest BCUT2D eigenvalue weighted by Crippen LogP contribution is -2.39. The summed E-state index contributed by atoms with van der Waals surface area (Å²) in [7, 11) is 0. The van der Waals surface area contributed by atoms with Gasteiger partial charge in [-0.3, -0.25) is 4.79 Å². The van der Waals surface area contributed by atoms with Crippen LogP contribution in [0.4, 0.5) is 0 Å². The van der Waals surface area contributed by atoms with Crippen LogP contribution in [0.2, 0.25) is 0 Å². The molecule has 3 nitrogen and oxygen atoms in total. The molecule has 0 saturated heterocycles. The molecule has 0 bridgehead atoms. The second-order valence-corrected chi connectivity index (χ2v) is 3.52. The Morgan fingerprint density at radius 2 is 2.07 bits per heavy atom. The highest BCUT2D eigenvalue weighted by atomic mass is 16.3. The van der Waals surface area contributed by atoms with Crippen LogP contribution in [-0.2, 0) is 4.79 Å². The number of carbonyl (C=O) groups is 1. The molecule has 14 heavy (non-hydrogen) atoms. The summed E-state index contributed by atoms with van der Waals surface area (Å²) >= 11 is 0. The number of carbonyl (C=O) groups excluding carboxylic acids is 1. The molecule has 0 heterocycles. The van der Waals surface area contributed by atoms with E-state index in [1.807, 2.05) is 13.8 Å². The predicted octanol–water partition coefficient (Wildman–Crippen LogP) is 0.925. The van der Waals surface area contributed by atoms with Crippen LogP contribution >= 0.6 is 0 Å². The molecule has 1 amide bonds. The molecule has 0 aliphatic heterocycles. The van der Waals surface area contributed by atoms with Gasteiger partial charge >= 0.3 is 0 Å². The van der Waals surface area contributed by atoms with Crippen molar-refractivity contribution in [1.82, 2.24) is 5.32 Å². The van der Waals surface area contributed by atoms with Crippen LogP contribution in [0.1, 0.15) is 33.1 Å². The first-order chi connectivity index (χ1) is 6.64. The molecule has 0 aliphatic rings. The fourth-order valence-electron chi connectivity index (χ4n) is 1.22. The van der Waals surface area contributed by atoms with Crippen LogP contribution in [0.15, 0.2) is 0 Å². The van der Waals surface area contributed by atoms with Gasteiger partial charge in [0.1, 0.15) is 0 Å². The molecule has 0 saturated carbocycles. The number of aliphatic hydroxyl groups is 1. The standard InChI is InChI=1S/C11H19NO2/c1-4-7-10(14)12-8-11(5-2,6-3)9-13/h1,13H,5-9H2,2-3H3,(H,12,14). The molecule has 0 unspecified atom stereocenters. The van der Waals surface area contributed by atoms with E-state index in [1.165, 1.54) is 0 Å². The molecule has 80 valence electrons. The number of hydrogen-bond donors (Lipinski definition) is 2. The van der Waals surface area contributed by atoms with E-state index >= 15 is 0 Å². The van der Waals surface area contributed by atoms with Gasteiger partial charge in [0.05, 0.1) is 13.0 Å². The van der Waals surface area contributed by atoms with Crippen molar-refractivity contribution in [2.75, 3.05) is 13.2 Å². The van der Waals surface area contributed by atoms with E-state index < -0.39 is 0 Å². The average molecular weight is 197 g/mol. The molecule has 0 fully saturated rings. The minimum absolute atomic E-state index is 0.0936. The van der Waals surface area contributed by atoms with E-state index in [0.717, 1.165) is 12.8 Å². The monoisotopic (exact) mass is 197 g/mol. The third-order valence-corrected chi connectivity index (χ3v) is 2.76. The first kappa shape index (κ1) is 13.0. The van der Waals surface area contributed by atoms with Crippen molar-refractivity contribution in [3.63, 3.8) is 0 Å². The molecule has 2 N–H and O–H groups in total. The van der Waals surface area contributed by atoms with Crippen molar-refractivity contribution in [3.8, 4) is 12.3 Å². The average Bonchev–Trinajstić information content (AvgIpc) is 2.21. The molecular weight excluding hydrogens is 178 g/mol. The summed E-state index contributed by atoms with van der Waals surface area (Å²) in [5, 5.41) is 12.0. The predicted molar refractivity (Wildman–Crippen MR) is 56.6 cm³/mol. The van der Waals surface area contributed by atoms with Crippen molar-refractivity contribution in [2.24, 2.45) is 5.41 Å². The van der Waals surface area contributed by atoms with E-state index in [4.69, 9.17) is 6.42 Å². The van der Waals surface area contributed by atoms with E-state index in [0.29, 0.717) is 6.54 Å². The Balaban J connectivity index is 4.07. The Labute approximate surface area is 85.9 Å². The van der Waals surface area contributed by atoms with E-state index in [9.17, 15) is 9.90 Å². The fraction of sp³-hybridized carbons (Fsp3) is 0.727. The van der Waals surface area contributed by atoms with Crippen LogP contribution in [0.5, 0.6) is 0 Å². The van der Waals surface area contributed by atoms with Gasteiger partial charge in [0.15, 0.2) is 0 Å². The number of aliphatic hydroxyl groups excluding tert-OH is 1. The first-order valence-corrected chi connectivity index (χ1v) is 4.95. The van der Waals surface area contributed by atoms with Crippen molar-refractivity contribution < 1.29 is 9.90 Å². The van der Waals surface area contributed by atoms with Gasteiger partial charge < -0.3 is 10.4 Å². The Kier molecular flexibility index (Phi) is 5.98. The summed E-state index contributed by atoms with van der Waals surface area (Å²) in [6.07, 6.45) is 6.80. The summed E-state index contributed by atoms with van der Waals surface area (Å²) < 4.78 is 0. The zero-order valence-electron chi connectivity index (χ0n) is 8.97. The van der Waals surface area contributed by atoms with Gasteiger partial charge in [-0.1, -0.05) is 19.8 Å².